The van der Waals surface area contributed by atoms with Crippen LogP contribution >= 0.6 is 0 Å². The van der Waals surface area contributed by atoms with Crippen molar-refractivity contribution in [1.29, 1.82) is 0 Å². The number of aromatic nitrogens is 4. The Morgan fingerprint density at radius 3 is 1.48 bits per heavy atom. The Bertz CT molecular complexity index is 1360. The molecule has 0 atom stereocenters. The predicted molar refractivity (Wildman–Crippen MR) is 129 cm³/mol. The van der Waals surface area contributed by atoms with E-state index in [1.54, 1.807) is 30.5 Å². The number of benzene rings is 3. The number of rotatable bonds is 5. The molecule has 0 saturated heterocycles. The monoisotopic (exact) mass is 430 g/mol. The zero-order valence-electron chi connectivity index (χ0n) is 17.6. The summed E-state index contributed by atoms with van der Waals surface area (Å²) < 4.78 is 0. The smallest absolute Gasteiger partial charge is 0.423 e. The largest absolute Gasteiger partial charge is 0.488 e. The summed E-state index contributed by atoms with van der Waals surface area (Å²) in [5, 5.41) is 18.8. The maximum Gasteiger partial charge on any atom is 0.488 e. The van der Waals surface area contributed by atoms with Crippen molar-refractivity contribution in [2.45, 2.75) is 0 Å². The van der Waals surface area contributed by atoms with Gasteiger partial charge in [-0.2, -0.15) is 0 Å². The van der Waals surface area contributed by atoms with Crippen LogP contribution in [-0.4, -0.2) is 37.1 Å². The van der Waals surface area contributed by atoms with Crippen LogP contribution in [0.15, 0.2) is 103 Å². The average molecular weight is 430 g/mol. The van der Waals surface area contributed by atoms with E-state index in [0.29, 0.717) is 22.9 Å². The van der Waals surface area contributed by atoms with Gasteiger partial charge in [-0.05, 0) is 17.6 Å². The van der Waals surface area contributed by atoms with Crippen molar-refractivity contribution in [1.82, 2.24) is 19.9 Å². The normalized spacial score (nSPS) is 10.7. The minimum Gasteiger partial charge on any atom is -0.423 e. The highest BCUT2D eigenvalue weighted by Gasteiger charge is 2.14. The van der Waals surface area contributed by atoms with Crippen molar-refractivity contribution in [2.24, 2.45) is 0 Å². The molecule has 0 aliphatic carbocycles. The lowest BCUT2D eigenvalue weighted by molar-refractivity contribution is 0.426. The van der Waals surface area contributed by atoms with Crippen LogP contribution in [0.5, 0.6) is 0 Å². The van der Waals surface area contributed by atoms with Crippen molar-refractivity contribution in [3.05, 3.63) is 103 Å². The van der Waals surface area contributed by atoms with Crippen LogP contribution < -0.4 is 5.46 Å². The summed E-state index contributed by atoms with van der Waals surface area (Å²) >= 11 is 0. The molecule has 0 amide bonds. The van der Waals surface area contributed by atoms with E-state index in [9.17, 15) is 10.0 Å². The van der Waals surface area contributed by atoms with Gasteiger partial charge < -0.3 is 10.0 Å². The first-order valence-corrected chi connectivity index (χ1v) is 10.5. The maximum absolute atomic E-state index is 9.39. The third-order valence-corrected chi connectivity index (χ3v) is 5.24. The Labute approximate surface area is 191 Å². The highest BCUT2D eigenvalue weighted by atomic mass is 16.4. The van der Waals surface area contributed by atoms with E-state index >= 15 is 0 Å². The zero-order chi connectivity index (χ0) is 22.6. The summed E-state index contributed by atoms with van der Waals surface area (Å²) in [6, 6.07) is 30.4. The fraction of sp³-hybridized carbons (Fsp3) is 0. The van der Waals surface area contributed by atoms with Crippen molar-refractivity contribution in [3.8, 4) is 45.4 Å². The van der Waals surface area contributed by atoms with Crippen LogP contribution in [0.3, 0.4) is 0 Å². The Kier molecular flexibility index (Phi) is 5.72. The molecule has 0 saturated carbocycles. The molecule has 0 unspecified atom stereocenters. The van der Waals surface area contributed by atoms with Gasteiger partial charge in [-0.25, -0.2) is 15.0 Å². The average Bonchev–Trinajstić information content (AvgIpc) is 2.89. The predicted octanol–water partition coefficient (Wildman–Crippen LogP) is 3.61. The Morgan fingerprint density at radius 1 is 0.485 bits per heavy atom. The van der Waals surface area contributed by atoms with E-state index in [1.165, 1.54) is 0 Å². The van der Waals surface area contributed by atoms with Crippen LogP contribution in [0.25, 0.3) is 45.4 Å². The minimum absolute atomic E-state index is 0.404. The molecule has 2 heterocycles. The van der Waals surface area contributed by atoms with Crippen LogP contribution in [0, 0.1) is 0 Å². The van der Waals surface area contributed by atoms with Crippen molar-refractivity contribution in [2.75, 3.05) is 0 Å². The van der Waals surface area contributed by atoms with Gasteiger partial charge in [-0.15, -0.1) is 0 Å². The van der Waals surface area contributed by atoms with Gasteiger partial charge in [0.05, 0.1) is 5.69 Å². The first-order chi connectivity index (χ1) is 16.2. The third kappa shape index (κ3) is 4.55. The molecule has 7 heteroatoms. The van der Waals surface area contributed by atoms with Gasteiger partial charge in [0.2, 0.25) is 0 Å². The minimum atomic E-state index is -1.52. The van der Waals surface area contributed by atoms with Crippen molar-refractivity contribution < 1.29 is 10.0 Å². The lowest BCUT2D eigenvalue weighted by atomic mass is 9.80. The van der Waals surface area contributed by atoms with E-state index in [-0.39, 0.29) is 0 Å². The Hall–Kier alpha value is -4.20. The molecule has 33 heavy (non-hydrogen) atoms. The summed E-state index contributed by atoms with van der Waals surface area (Å²) in [6.45, 7) is 0. The highest BCUT2D eigenvalue weighted by Crippen LogP contribution is 2.26. The molecule has 0 fully saturated rings. The first-order valence-electron chi connectivity index (χ1n) is 10.5. The number of hydrogen-bond acceptors (Lipinski definition) is 6. The van der Waals surface area contributed by atoms with Crippen LogP contribution in [-0.2, 0) is 0 Å². The van der Waals surface area contributed by atoms with Gasteiger partial charge in [0.1, 0.15) is 0 Å². The second-order valence-corrected chi connectivity index (χ2v) is 7.46. The SMILES string of the molecule is OB(O)c1ccc(-c2nc(-c3ccccc3)nc(-c3ccc(-c4ccccn4)cc3)n2)cc1. The second-order valence-electron chi connectivity index (χ2n) is 7.46. The van der Waals surface area contributed by atoms with Crippen LogP contribution in [0.1, 0.15) is 0 Å². The molecule has 0 aliphatic rings. The molecule has 0 bridgehead atoms. The molecule has 0 aliphatic heterocycles. The number of nitrogens with zero attached hydrogens (tertiary/aromatic N) is 4. The van der Waals surface area contributed by atoms with E-state index in [0.717, 1.165) is 27.9 Å². The van der Waals surface area contributed by atoms with Crippen molar-refractivity contribution >= 4 is 12.6 Å². The molecule has 6 nitrogen and oxygen atoms in total. The highest BCUT2D eigenvalue weighted by molar-refractivity contribution is 6.58. The van der Waals surface area contributed by atoms with Gasteiger partial charge in [0.15, 0.2) is 17.5 Å². The van der Waals surface area contributed by atoms with Gasteiger partial charge in [0, 0.05) is 28.5 Å². The topological polar surface area (TPSA) is 92.0 Å². The molecule has 2 aromatic heterocycles. The van der Waals surface area contributed by atoms with Gasteiger partial charge in [0.25, 0.3) is 0 Å². The van der Waals surface area contributed by atoms with E-state index in [2.05, 4.69) is 9.97 Å². The van der Waals surface area contributed by atoms with Gasteiger partial charge >= 0.3 is 7.12 Å². The number of pyridine rings is 1. The zero-order valence-corrected chi connectivity index (χ0v) is 17.6. The van der Waals surface area contributed by atoms with Crippen LogP contribution in [0.2, 0.25) is 0 Å². The lowest BCUT2D eigenvalue weighted by Crippen LogP contribution is -2.29. The molecule has 0 radical (unpaired) electrons. The maximum atomic E-state index is 9.39. The van der Waals surface area contributed by atoms with Gasteiger partial charge in [-0.3, -0.25) is 4.98 Å². The summed E-state index contributed by atoms with van der Waals surface area (Å²) in [7, 11) is -1.52. The van der Waals surface area contributed by atoms with E-state index < -0.39 is 7.12 Å². The summed E-state index contributed by atoms with van der Waals surface area (Å²) in [5.74, 6) is 1.63. The Balaban J connectivity index is 1.58. The Morgan fingerprint density at radius 2 is 0.970 bits per heavy atom. The fourth-order valence-corrected chi connectivity index (χ4v) is 3.48. The molecule has 5 rings (SSSR count). The second kappa shape index (κ2) is 9.12. The molecule has 158 valence electrons. The first kappa shape index (κ1) is 20.7. The summed E-state index contributed by atoms with van der Waals surface area (Å²) in [4.78, 5) is 18.5. The number of hydrogen-bond donors (Lipinski definition) is 2. The lowest BCUT2D eigenvalue weighted by Gasteiger charge is -2.09. The fourth-order valence-electron chi connectivity index (χ4n) is 3.48. The summed E-state index contributed by atoms with van der Waals surface area (Å²) in [6.07, 6.45) is 1.77. The van der Waals surface area contributed by atoms with Crippen molar-refractivity contribution in [3.63, 3.8) is 0 Å². The van der Waals surface area contributed by atoms with Gasteiger partial charge in [-0.1, -0.05) is 84.9 Å². The molecular weight excluding hydrogens is 411 g/mol. The molecule has 2 N–H and O–H groups in total. The quantitative estimate of drug-likeness (QED) is 0.414. The third-order valence-electron chi connectivity index (χ3n) is 5.24. The van der Waals surface area contributed by atoms with E-state index in [1.807, 2.05) is 72.8 Å². The van der Waals surface area contributed by atoms with Crippen LogP contribution in [0.4, 0.5) is 0 Å². The molecule has 3 aromatic carbocycles. The molecule has 5 aromatic rings. The van der Waals surface area contributed by atoms with E-state index in [4.69, 9.17) is 9.97 Å². The summed E-state index contributed by atoms with van der Waals surface area (Å²) in [5.41, 5.74) is 4.81. The molecule has 0 spiro atoms. The standard InChI is InChI=1S/C26H19BN4O2/c32-27(33)22-15-13-21(14-16-22)26-30-24(19-6-2-1-3-7-19)29-25(31-26)20-11-9-18(10-12-20)23-8-4-5-17-28-23/h1-17,32-33H. The molecular formula is C26H19BN4O2.